The molecule has 0 saturated carbocycles. The van der Waals surface area contributed by atoms with Gasteiger partial charge in [0.05, 0.1) is 57.8 Å². The highest BCUT2D eigenvalue weighted by atomic mass is 16.6. The molecule has 0 amide bonds. The first-order chi connectivity index (χ1) is 17.4. The molecule has 0 N–H and O–H groups in total. The summed E-state index contributed by atoms with van der Waals surface area (Å²) in [7, 11) is 2.26. The summed E-state index contributed by atoms with van der Waals surface area (Å²) in [6.07, 6.45) is -2.63. The molecular formula is C24H32O13. The smallest absolute Gasteiger partial charge is 0.336 e. The van der Waals surface area contributed by atoms with Crippen molar-refractivity contribution in [1.82, 2.24) is 0 Å². The van der Waals surface area contributed by atoms with Crippen LogP contribution in [0.1, 0.15) is 26.2 Å². The van der Waals surface area contributed by atoms with E-state index >= 15 is 0 Å². The maximum atomic E-state index is 12.2. The van der Waals surface area contributed by atoms with E-state index in [4.69, 9.17) is 23.7 Å². The molecule has 0 spiro atoms. The van der Waals surface area contributed by atoms with Gasteiger partial charge >= 0.3 is 35.8 Å². The number of ether oxygens (including phenoxy) is 7. The van der Waals surface area contributed by atoms with Gasteiger partial charge in [0.25, 0.3) is 0 Å². The van der Waals surface area contributed by atoms with E-state index in [2.05, 4.69) is 29.2 Å². The number of methoxy groups -OCH3 is 2. The summed E-state index contributed by atoms with van der Waals surface area (Å²) in [5, 5.41) is 0. The van der Waals surface area contributed by atoms with Crippen molar-refractivity contribution >= 4 is 35.8 Å². The van der Waals surface area contributed by atoms with Crippen molar-refractivity contribution in [3.05, 3.63) is 36.5 Å². The molecule has 0 aliphatic rings. The Morgan fingerprint density at radius 3 is 1.57 bits per heavy atom. The van der Waals surface area contributed by atoms with Gasteiger partial charge in [-0.05, 0) is 6.92 Å². The molecule has 37 heavy (non-hydrogen) atoms. The lowest BCUT2D eigenvalue weighted by atomic mass is 10.2. The summed E-state index contributed by atoms with van der Waals surface area (Å²) >= 11 is 0. The molecule has 0 aliphatic carbocycles. The molecule has 0 aromatic carbocycles. The fourth-order valence-corrected chi connectivity index (χ4v) is 2.21. The molecule has 13 heteroatoms. The van der Waals surface area contributed by atoms with E-state index in [0.717, 1.165) is 14.2 Å². The summed E-state index contributed by atoms with van der Waals surface area (Å²) in [4.78, 5) is 70.4. The molecule has 0 radical (unpaired) electrons. The van der Waals surface area contributed by atoms with Crippen molar-refractivity contribution < 1.29 is 61.9 Å². The van der Waals surface area contributed by atoms with Gasteiger partial charge in [0.1, 0.15) is 25.9 Å². The lowest BCUT2D eigenvalue weighted by Gasteiger charge is -2.17. The molecule has 0 fully saturated rings. The second kappa shape index (κ2) is 18.3. The Hall–Kier alpha value is -4.00. The Kier molecular flexibility index (Phi) is 16.3. The predicted molar refractivity (Wildman–Crippen MR) is 125 cm³/mol. The molecular weight excluding hydrogens is 496 g/mol. The van der Waals surface area contributed by atoms with Crippen molar-refractivity contribution in [2.24, 2.45) is 0 Å². The number of esters is 6. The molecule has 0 aromatic rings. The standard InChI is InChI=1S/C24H32O13/c1-15(2)22(28)34-10-9-33-8-7-19(25)37-18(11-20(26)35-13-16(3)23(29)31-5)12-21(27)36-14-17(4)24(30)32-6/h18H,1,3-4,7-14H2,2,5-6H3. The van der Waals surface area contributed by atoms with E-state index in [1.807, 2.05) is 0 Å². The van der Waals surface area contributed by atoms with Crippen LogP contribution in [0.5, 0.6) is 0 Å². The third-order valence-electron chi connectivity index (χ3n) is 4.11. The van der Waals surface area contributed by atoms with Gasteiger partial charge in [-0.25, -0.2) is 14.4 Å². The molecule has 0 aliphatic heterocycles. The van der Waals surface area contributed by atoms with Gasteiger partial charge in [-0.2, -0.15) is 0 Å². The third-order valence-corrected chi connectivity index (χ3v) is 4.11. The molecule has 0 saturated heterocycles. The highest BCUT2D eigenvalue weighted by molar-refractivity contribution is 5.89. The summed E-state index contributed by atoms with van der Waals surface area (Å²) in [6.45, 7) is 10.7. The van der Waals surface area contributed by atoms with E-state index < -0.39 is 68.0 Å². The average molecular weight is 529 g/mol. The van der Waals surface area contributed by atoms with Crippen LogP contribution in [0.2, 0.25) is 0 Å². The van der Waals surface area contributed by atoms with E-state index in [9.17, 15) is 28.8 Å². The predicted octanol–water partition coefficient (Wildman–Crippen LogP) is 0.749. The van der Waals surface area contributed by atoms with Crippen LogP contribution in [0.3, 0.4) is 0 Å². The normalized spacial score (nSPS) is 10.1. The Morgan fingerprint density at radius 1 is 0.649 bits per heavy atom. The topological polar surface area (TPSA) is 167 Å². The lowest BCUT2D eigenvalue weighted by Crippen LogP contribution is -2.28. The van der Waals surface area contributed by atoms with Crippen LogP contribution >= 0.6 is 0 Å². The highest BCUT2D eigenvalue weighted by Gasteiger charge is 2.24. The van der Waals surface area contributed by atoms with Crippen LogP contribution in [-0.2, 0) is 61.9 Å². The first-order valence-electron chi connectivity index (χ1n) is 10.8. The van der Waals surface area contributed by atoms with Gasteiger partial charge in [-0.15, -0.1) is 0 Å². The number of carbonyl (C=O) groups is 6. The number of carbonyl (C=O) groups excluding carboxylic acids is 6. The Morgan fingerprint density at radius 2 is 1.14 bits per heavy atom. The fraction of sp³-hybridized carbons (Fsp3) is 0.500. The van der Waals surface area contributed by atoms with Crippen molar-refractivity contribution in [3.63, 3.8) is 0 Å². The summed E-state index contributed by atoms with van der Waals surface area (Å²) in [6, 6.07) is 0. The molecule has 0 heterocycles. The molecule has 0 unspecified atom stereocenters. The third kappa shape index (κ3) is 15.6. The van der Waals surface area contributed by atoms with Crippen LogP contribution in [0.15, 0.2) is 36.5 Å². The number of hydrogen-bond acceptors (Lipinski definition) is 13. The lowest BCUT2D eigenvalue weighted by molar-refractivity contribution is -0.159. The van der Waals surface area contributed by atoms with Gasteiger partial charge in [0, 0.05) is 5.57 Å². The minimum atomic E-state index is -1.29. The minimum absolute atomic E-state index is 0.0164. The van der Waals surface area contributed by atoms with Crippen molar-refractivity contribution in [3.8, 4) is 0 Å². The summed E-state index contributed by atoms with van der Waals surface area (Å²) in [5.74, 6) is -4.73. The molecule has 0 atom stereocenters. The van der Waals surface area contributed by atoms with E-state index in [1.165, 1.54) is 6.92 Å². The molecule has 0 aromatic heterocycles. The van der Waals surface area contributed by atoms with Crippen LogP contribution in [0, 0.1) is 0 Å². The van der Waals surface area contributed by atoms with Crippen LogP contribution < -0.4 is 0 Å². The summed E-state index contributed by atoms with van der Waals surface area (Å²) in [5.41, 5.74) is -0.0247. The SMILES string of the molecule is C=C(C)C(=O)OCCOCCC(=O)OC(CC(=O)OCC(=C)C(=O)OC)CC(=O)OCC(=C)C(=O)OC. The monoisotopic (exact) mass is 528 g/mol. The number of hydrogen-bond donors (Lipinski definition) is 0. The molecule has 0 rings (SSSR count). The van der Waals surface area contributed by atoms with Crippen molar-refractivity contribution in [2.45, 2.75) is 32.3 Å². The van der Waals surface area contributed by atoms with Crippen molar-refractivity contribution in [2.75, 3.05) is 47.3 Å². The Labute approximate surface area is 214 Å². The van der Waals surface area contributed by atoms with Gasteiger partial charge < -0.3 is 33.2 Å². The second-order valence-corrected chi connectivity index (χ2v) is 7.31. The van der Waals surface area contributed by atoms with Gasteiger partial charge in [-0.3, -0.25) is 14.4 Å². The van der Waals surface area contributed by atoms with Crippen molar-refractivity contribution in [1.29, 1.82) is 0 Å². The van der Waals surface area contributed by atoms with E-state index in [1.54, 1.807) is 0 Å². The maximum absolute atomic E-state index is 12.2. The fourth-order valence-electron chi connectivity index (χ4n) is 2.21. The van der Waals surface area contributed by atoms with Crippen LogP contribution in [0.4, 0.5) is 0 Å². The second-order valence-electron chi connectivity index (χ2n) is 7.31. The Bertz CT molecular complexity index is 841. The van der Waals surface area contributed by atoms with Gasteiger partial charge in [0.15, 0.2) is 0 Å². The van der Waals surface area contributed by atoms with Gasteiger partial charge in [-0.1, -0.05) is 19.7 Å². The quantitative estimate of drug-likeness (QED) is 0.106. The maximum Gasteiger partial charge on any atom is 0.336 e. The first-order valence-corrected chi connectivity index (χ1v) is 10.8. The molecule has 13 nitrogen and oxygen atoms in total. The van der Waals surface area contributed by atoms with E-state index in [0.29, 0.717) is 0 Å². The average Bonchev–Trinajstić information content (AvgIpc) is 2.86. The molecule has 206 valence electrons. The van der Waals surface area contributed by atoms with Gasteiger partial charge in [0.2, 0.25) is 0 Å². The Balaban J connectivity index is 4.82. The number of rotatable bonds is 18. The zero-order chi connectivity index (χ0) is 28.4. The largest absolute Gasteiger partial charge is 0.466 e. The zero-order valence-corrected chi connectivity index (χ0v) is 21.2. The summed E-state index contributed by atoms with van der Waals surface area (Å²) < 4.78 is 33.9. The molecule has 0 bridgehead atoms. The minimum Gasteiger partial charge on any atom is -0.466 e. The zero-order valence-electron chi connectivity index (χ0n) is 21.2. The van der Waals surface area contributed by atoms with Crippen LogP contribution in [0.25, 0.3) is 0 Å². The van der Waals surface area contributed by atoms with Crippen LogP contribution in [-0.4, -0.2) is 89.2 Å². The highest BCUT2D eigenvalue weighted by Crippen LogP contribution is 2.11. The van der Waals surface area contributed by atoms with E-state index in [-0.39, 0.29) is 43.0 Å². The first kappa shape index (κ1) is 33.0.